The molecular weight excluding hydrogens is 884 g/mol. The summed E-state index contributed by atoms with van der Waals surface area (Å²) in [5, 5.41) is 13.2. The Hall–Kier alpha value is -5.77. The molecule has 17 heteroatoms. The van der Waals surface area contributed by atoms with E-state index in [0.29, 0.717) is 35.9 Å². The second-order valence-electron chi connectivity index (χ2n) is 18.8. The molecule has 2 aromatic carbocycles. The first-order chi connectivity index (χ1) is 31.5. The van der Waals surface area contributed by atoms with Crippen molar-refractivity contribution in [3.05, 3.63) is 70.1 Å². The number of carboxylic acid groups (broad SMARTS) is 1. The Morgan fingerprint density at radius 2 is 1.49 bits per heavy atom. The molecule has 1 unspecified atom stereocenters. The molecule has 67 heavy (non-hydrogen) atoms. The lowest BCUT2D eigenvalue weighted by atomic mass is 9.78. The first-order valence-electron chi connectivity index (χ1n) is 22.8. The van der Waals surface area contributed by atoms with Gasteiger partial charge in [0.1, 0.15) is 36.0 Å². The molecule has 2 N–H and O–H groups in total. The number of hydrogen-bond acceptors (Lipinski definition) is 15. The lowest BCUT2D eigenvalue weighted by Gasteiger charge is -2.40. The van der Waals surface area contributed by atoms with Crippen LogP contribution in [0.4, 0.5) is 17.2 Å². The Balaban J connectivity index is 1.41. The Morgan fingerprint density at radius 3 is 2.07 bits per heavy atom. The molecule has 0 spiro atoms. The predicted molar refractivity (Wildman–Crippen MR) is 252 cm³/mol. The smallest absolute Gasteiger partial charge is 0.311 e. The highest BCUT2D eigenvalue weighted by Crippen LogP contribution is 2.40. The van der Waals surface area contributed by atoms with Crippen LogP contribution in [0.1, 0.15) is 135 Å². The van der Waals surface area contributed by atoms with E-state index in [1.807, 2.05) is 58.9 Å². The van der Waals surface area contributed by atoms with Crippen molar-refractivity contribution in [2.75, 3.05) is 30.0 Å². The number of carbonyl (C=O) groups is 6. The lowest BCUT2D eigenvalue weighted by Crippen LogP contribution is -2.42. The Bertz CT molecular complexity index is 2190. The van der Waals surface area contributed by atoms with Gasteiger partial charge in [0.2, 0.25) is 0 Å². The molecule has 3 aromatic rings. The molecule has 0 amide bonds. The summed E-state index contributed by atoms with van der Waals surface area (Å²) in [4.78, 5) is 85.0. The summed E-state index contributed by atoms with van der Waals surface area (Å²) in [7, 11) is 0. The summed E-state index contributed by atoms with van der Waals surface area (Å²) in [5.74, 6) is -3.23. The minimum atomic E-state index is -1.01. The van der Waals surface area contributed by atoms with E-state index in [1.165, 1.54) is 20.0 Å². The number of anilines is 3. The van der Waals surface area contributed by atoms with Crippen LogP contribution < -0.4 is 15.0 Å². The number of aromatic nitrogens is 2. The van der Waals surface area contributed by atoms with Gasteiger partial charge in [-0.1, -0.05) is 65.3 Å². The zero-order valence-corrected chi connectivity index (χ0v) is 41.2. The summed E-state index contributed by atoms with van der Waals surface area (Å²) in [6.07, 6.45) is 4.31. The van der Waals surface area contributed by atoms with Crippen LogP contribution in [0.3, 0.4) is 0 Å². The van der Waals surface area contributed by atoms with Crippen LogP contribution in [0.15, 0.2) is 42.7 Å². The second-order valence-corrected chi connectivity index (χ2v) is 19.2. The van der Waals surface area contributed by atoms with Gasteiger partial charge < -0.3 is 39.0 Å². The number of carboxylic acids is 1. The zero-order valence-electron chi connectivity index (χ0n) is 40.4. The maximum Gasteiger partial charge on any atom is 0.311 e. The number of aryl methyl sites for hydroxylation is 2. The monoisotopic (exact) mass is 950 g/mol. The van der Waals surface area contributed by atoms with E-state index in [4.69, 9.17) is 35.3 Å². The van der Waals surface area contributed by atoms with Gasteiger partial charge in [-0.3, -0.25) is 28.8 Å². The molecular formula is C50H67ClN4O12. The molecule has 16 nitrogen and oxygen atoms in total. The molecule has 0 bridgehead atoms. The fourth-order valence-electron chi connectivity index (χ4n) is 8.55. The molecule has 1 aliphatic carbocycles. The summed E-state index contributed by atoms with van der Waals surface area (Å²) >= 11 is 6.03. The van der Waals surface area contributed by atoms with E-state index in [1.54, 1.807) is 19.2 Å². The standard InChI is InChI=1S/C50H67ClN4O12/c1-29(2)26-55(41-16-11-36(32(5)21-45(58)59)22-40(41)54-44-25-52-43(51)24-53-44)37-12-14-38(15-13-37)65-48(62)23-50(9,10)49-33(6)17-30(3)18-42(49)67-47(61)20-31(4)19-46(60)66-39(27-63-34(7)56)28-64-35(8)57/h11,16-18,22,24-25,29,31-32,37-39H,12-15,19-21,23,26-28H2,1-10H3,(H,53,54)(H,58,59)/t31?,32-,37-,38-/m1/s1. The van der Waals surface area contributed by atoms with Gasteiger partial charge in [0.05, 0.1) is 36.6 Å². The van der Waals surface area contributed by atoms with Crippen molar-refractivity contribution in [1.29, 1.82) is 0 Å². The maximum atomic E-state index is 13.8. The number of aliphatic carboxylic acids is 1. The molecule has 4 rings (SSSR count). The van der Waals surface area contributed by atoms with Crippen molar-refractivity contribution < 1.29 is 57.6 Å². The SMILES string of the molecule is CC(=O)OCC(COC(C)=O)OC(=O)CC(C)CC(=O)Oc1cc(C)cc(C)c1C(C)(C)CC(=O)O[C@H]1CC[C@H](N(CC(C)C)c2ccc([C@H](C)CC(=O)O)cc2Nc2cnc(Cl)cn2)CC1. The fourth-order valence-corrected chi connectivity index (χ4v) is 8.64. The van der Waals surface area contributed by atoms with Crippen LogP contribution in [0, 0.1) is 25.7 Å². The van der Waals surface area contributed by atoms with E-state index in [0.717, 1.165) is 47.5 Å². The van der Waals surface area contributed by atoms with Gasteiger partial charge in [-0.25, -0.2) is 9.97 Å². The fraction of sp³-hybridized carbons (Fsp3) is 0.560. The van der Waals surface area contributed by atoms with Gasteiger partial charge in [-0.15, -0.1) is 0 Å². The molecule has 1 aliphatic rings. The highest BCUT2D eigenvalue weighted by Gasteiger charge is 2.35. The highest BCUT2D eigenvalue weighted by atomic mass is 35.5. The van der Waals surface area contributed by atoms with Crippen molar-refractivity contribution in [1.82, 2.24) is 9.97 Å². The molecule has 0 radical (unpaired) electrons. The quantitative estimate of drug-likeness (QED) is 0.0516. The van der Waals surface area contributed by atoms with Crippen molar-refractivity contribution in [2.24, 2.45) is 11.8 Å². The first-order valence-corrected chi connectivity index (χ1v) is 23.2. The van der Waals surface area contributed by atoms with E-state index >= 15 is 0 Å². The van der Waals surface area contributed by atoms with Gasteiger partial charge in [0.25, 0.3) is 0 Å². The number of carbonyl (C=O) groups excluding carboxylic acids is 5. The highest BCUT2D eigenvalue weighted by molar-refractivity contribution is 6.29. The van der Waals surface area contributed by atoms with Gasteiger partial charge in [0, 0.05) is 50.3 Å². The molecule has 0 saturated heterocycles. The maximum absolute atomic E-state index is 13.8. The first kappa shape index (κ1) is 53.8. The molecule has 1 heterocycles. The summed E-state index contributed by atoms with van der Waals surface area (Å²) < 4.78 is 27.4. The van der Waals surface area contributed by atoms with Crippen molar-refractivity contribution in [3.8, 4) is 5.75 Å². The van der Waals surface area contributed by atoms with Gasteiger partial charge >= 0.3 is 35.8 Å². The van der Waals surface area contributed by atoms with Crippen LogP contribution in [0.5, 0.6) is 5.75 Å². The average molecular weight is 952 g/mol. The molecule has 1 fully saturated rings. The minimum absolute atomic E-state index is 0.0117. The topological polar surface area (TPSA) is 210 Å². The Kier molecular flexibility index (Phi) is 20.0. The number of nitrogens with one attached hydrogen (secondary N) is 1. The van der Waals surface area contributed by atoms with Crippen molar-refractivity contribution in [3.63, 3.8) is 0 Å². The number of esters is 5. The van der Waals surface area contributed by atoms with Crippen LogP contribution in [-0.4, -0.2) is 88.9 Å². The molecule has 0 aliphatic heterocycles. The number of halogens is 1. The minimum Gasteiger partial charge on any atom is -0.481 e. The normalized spacial score (nSPS) is 15.8. The van der Waals surface area contributed by atoms with Crippen molar-refractivity contribution >= 4 is 64.6 Å². The van der Waals surface area contributed by atoms with Gasteiger partial charge in [0.15, 0.2) is 6.10 Å². The largest absolute Gasteiger partial charge is 0.481 e. The summed E-state index contributed by atoms with van der Waals surface area (Å²) in [6, 6.07) is 9.86. The molecule has 366 valence electrons. The molecule has 2 atom stereocenters. The number of nitrogens with zero attached hydrogens (tertiary/aromatic N) is 3. The zero-order chi connectivity index (χ0) is 49.6. The van der Waals surface area contributed by atoms with E-state index in [9.17, 15) is 33.9 Å². The van der Waals surface area contributed by atoms with Crippen LogP contribution >= 0.6 is 11.6 Å². The predicted octanol–water partition coefficient (Wildman–Crippen LogP) is 9.11. The second kappa shape index (κ2) is 24.8. The average Bonchev–Trinajstić information content (AvgIpc) is 3.21. The third-order valence-electron chi connectivity index (χ3n) is 11.4. The summed E-state index contributed by atoms with van der Waals surface area (Å²) in [5.41, 5.74) is 4.19. The lowest BCUT2D eigenvalue weighted by molar-refractivity contribution is -0.166. The van der Waals surface area contributed by atoms with E-state index in [-0.39, 0.29) is 68.1 Å². The van der Waals surface area contributed by atoms with Gasteiger partial charge in [-0.05, 0) is 92.2 Å². The van der Waals surface area contributed by atoms with Gasteiger partial charge in [-0.2, -0.15) is 0 Å². The number of benzene rings is 2. The van der Waals surface area contributed by atoms with Crippen molar-refractivity contribution in [2.45, 2.75) is 150 Å². The Labute approximate surface area is 398 Å². The molecule has 1 aromatic heterocycles. The number of rotatable bonds is 23. The Morgan fingerprint density at radius 1 is 0.851 bits per heavy atom. The van der Waals surface area contributed by atoms with Crippen LogP contribution in [0.2, 0.25) is 5.15 Å². The van der Waals surface area contributed by atoms with E-state index in [2.05, 4.69) is 34.0 Å². The third kappa shape index (κ3) is 17.4. The van der Waals surface area contributed by atoms with E-state index < -0.39 is 47.3 Å². The van der Waals surface area contributed by atoms with Crippen LogP contribution in [-0.2, 0) is 53.1 Å². The summed E-state index contributed by atoms with van der Waals surface area (Å²) in [6.45, 7) is 18.1. The number of hydrogen-bond donors (Lipinski definition) is 2. The number of ether oxygens (including phenoxy) is 5. The molecule has 1 saturated carbocycles. The third-order valence-corrected chi connectivity index (χ3v) is 11.6. The van der Waals surface area contributed by atoms with Crippen LogP contribution in [0.25, 0.3) is 0 Å².